The van der Waals surface area contributed by atoms with Gasteiger partial charge in [0.25, 0.3) is 11.8 Å². The van der Waals surface area contributed by atoms with Crippen LogP contribution in [0, 0.1) is 0 Å². The minimum Gasteiger partial charge on any atom is -0.377 e. The molecule has 258 valence electrons. The average molecular weight is 675 g/mol. The summed E-state index contributed by atoms with van der Waals surface area (Å²) in [4.78, 5) is 45.4. The van der Waals surface area contributed by atoms with Crippen LogP contribution >= 0.6 is 0 Å². The number of hydrogen-bond acceptors (Lipinski definition) is 7. The molecule has 3 amide bonds. The van der Waals surface area contributed by atoms with Gasteiger partial charge in [0, 0.05) is 48.9 Å². The first-order valence-corrected chi connectivity index (χ1v) is 17.5. The van der Waals surface area contributed by atoms with Crippen molar-refractivity contribution in [3.63, 3.8) is 0 Å². The van der Waals surface area contributed by atoms with Gasteiger partial charge in [0.15, 0.2) is 0 Å². The second-order valence-electron chi connectivity index (χ2n) is 13.9. The number of aromatic nitrogens is 4. The van der Waals surface area contributed by atoms with Gasteiger partial charge in [-0.1, -0.05) is 49.0 Å². The number of likely N-dealkylation sites (N-methyl/N-ethyl adjacent to an activating group) is 1. The molecular formula is C38H42N8O4. The molecule has 4 aliphatic rings. The van der Waals surface area contributed by atoms with Crippen molar-refractivity contribution in [3.05, 3.63) is 108 Å². The summed E-state index contributed by atoms with van der Waals surface area (Å²) in [5.74, 6) is -0.718. The van der Waals surface area contributed by atoms with E-state index in [0.29, 0.717) is 37.2 Å². The third-order valence-electron chi connectivity index (χ3n) is 10.8. The van der Waals surface area contributed by atoms with Gasteiger partial charge in [0.1, 0.15) is 17.6 Å². The zero-order valence-electron chi connectivity index (χ0n) is 28.4. The third-order valence-corrected chi connectivity index (χ3v) is 10.8. The Labute approximate surface area is 291 Å². The second-order valence-corrected chi connectivity index (χ2v) is 13.9. The van der Waals surface area contributed by atoms with Crippen molar-refractivity contribution < 1.29 is 19.1 Å². The number of likely N-dealkylation sites (tertiary alicyclic amines) is 1. The molecule has 3 fully saturated rings. The summed E-state index contributed by atoms with van der Waals surface area (Å²) in [5.41, 5.74) is 4.18. The molecule has 2 saturated heterocycles. The van der Waals surface area contributed by atoms with E-state index in [1.165, 1.54) is 0 Å². The fourth-order valence-corrected chi connectivity index (χ4v) is 7.62. The van der Waals surface area contributed by atoms with Gasteiger partial charge in [0.05, 0.1) is 36.7 Å². The summed E-state index contributed by atoms with van der Waals surface area (Å²) in [6, 6.07) is 18.5. The van der Waals surface area contributed by atoms with E-state index in [4.69, 9.17) is 9.84 Å². The van der Waals surface area contributed by atoms with Crippen LogP contribution in [-0.4, -0.2) is 86.1 Å². The number of benzene rings is 2. The van der Waals surface area contributed by atoms with Crippen molar-refractivity contribution in [2.45, 2.75) is 69.2 Å². The van der Waals surface area contributed by atoms with Crippen LogP contribution in [0.1, 0.15) is 72.2 Å². The Morgan fingerprint density at radius 1 is 1.10 bits per heavy atom. The minimum absolute atomic E-state index is 0.0537. The lowest BCUT2D eigenvalue weighted by Crippen LogP contribution is -2.73. The molecule has 0 radical (unpaired) electrons. The number of fused-ring (bicyclic) bond motifs is 1. The molecule has 2 N–H and O–H groups in total. The molecular weight excluding hydrogens is 632 g/mol. The van der Waals surface area contributed by atoms with Crippen molar-refractivity contribution in [2.24, 2.45) is 0 Å². The van der Waals surface area contributed by atoms with Crippen molar-refractivity contribution in [1.29, 1.82) is 0 Å². The van der Waals surface area contributed by atoms with Gasteiger partial charge in [-0.25, -0.2) is 4.68 Å². The van der Waals surface area contributed by atoms with Crippen molar-refractivity contribution in [3.8, 4) is 5.69 Å². The molecule has 1 unspecified atom stereocenters. The topological polar surface area (TPSA) is 127 Å². The van der Waals surface area contributed by atoms with Gasteiger partial charge in [-0.3, -0.25) is 28.9 Å². The Balaban J connectivity index is 1.08. The van der Waals surface area contributed by atoms with E-state index in [1.54, 1.807) is 21.8 Å². The van der Waals surface area contributed by atoms with E-state index in [-0.39, 0.29) is 35.6 Å². The standard InChI is InChI=1S/C38H42N8O4/c1-4-43-36-30(21-40-46(36)29-11-6-5-7-12-29)32(33(37(43)49)41-35(48)31-15-17-45(42-31)28-13-14-28)27-10-8-9-26(19-27)20-39-34(47)24(2)25(3)44-18-16-38(44)22-50-23-38/h5-12,15,17,19,21,25,28,32-33H,2,4,13-14,16,18,20,22-23H2,1,3H3,(H,39,47)(H,41,48)/t25?,32-,33+/m1/s1. The number of anilines is 1. The fourth-order valence-electron chi connectivity index (χ4n) is 7.62. The Morgan fingerprint density at radius 3 is 2.58 bits per heavy atom. The maximum atomic E-state index is 14.4. The number of rotatable bonds is 11. The van der Waals surface area contributed by atoms with Gasteiger partial charge in [-0.05, 0) is 62.4 Å². The van der Waals surface area contributed by atoms with E-state index in [1.807, 2.05) is 79.3 Å². The molecule has 3 aliphatic heterocycles. The van der Waals surface area contributed by atoms with Crippen LogP contribution in [0.25, 0.3) is 5.69 Å². The smallest absolute Gasteiger partial charge is 0.272 e. The highest BCUT2D eigenvalue weighted by Gasteiger charge is 2.53. The summed E-state index contributed by atoms with van der Waals surface area (Å²) in [6.07, 6.45) is 6.78. The van der Waals surface area contributed by atoms with E-state index in [9.17, 15) is 14.4 Å². The van der Waals surface area contributed by atoms with Crippen LogP contribution in [0.5, 0.6) is 0 Å². The summed E-state index contributed by atoms with van der Waals surface area (Å²) in [6.45, 7) is 11.1. The molecule has 12 nitrogen and oxygen atoms in total. The van der Waals surface area contributed by atoms with Gasteiger partial charge in [-0.15, -0.1) is 0 Å². The number of nitrogens with zero attached hydrogens (tertiary/aromatic N) is 6. The zero-order valence-corrected chi connectivity index (χ0v) is 28.4. The van der Waals surface area contributed by atoms with Crippen LogP contribution in [-0.2, 0) is 20.9 Å². The molecule has 3 atom stereocenters. The second kappa shape index (κ2) is 12.7. The van der Waals surface area contributed by atoms with E-state index in [2.05, 4.69) is 27.2 Å². The minimum atomic E-state index is -0.917. The number of hydrogen-bond donors (Lipinski definition) is 2. The van der Waals surface area contributed by atoms with Crippen LogP contribution in [0.4, 0.5) is 5.82 Å². The largest absolute Gasteiger partial charge is 0.377 e. The normalized spacial score (nSPS) is 21.6. The molecule has 1 saturated carbocycles. The molecule has 1 aliphatic carbocycles. The summed E-state index contributed by atoms with van der Waals surface area (Å²) < 4.78 is 9.08. The average Bonchev–Trinajstić information content (AvgIpc) is 3.66. The summed E-state index contributed by atoms with van der Waals surface area (Å²) in [5, 5.41) is 15.4. The fraction of sp³-hybridized carbons (Fsp3) is 0.395. The van der Waals surface area contributed by atoms with Crippen LogP contribution in [0.15, 0.2) is 85.2 Å². The van der Waals surface area contributed by atoms with Gasteiger partial charge >= 0.3 is 0 Å². The number of para-hydroxylation sites is 1. The molecule has 8 rings (SSSR count). The van der Waals surface area contributed by atoms with Crippen LogP contribution in [0.2, 0.25) is 0 Å². The lowest BCUT2D eigenvalue weighted by molar-refractivity contribution is -0.200. The van der Waals surface area contributed by atoms with Gasteiger partial charge in [0.2, 0.25) is 5.91 Å². The quantitative estimate of drug-likeness (QED) is 0.232. The lowest BCUT2D eigenvalue weighted by Gasteiger charge is -2.60. The van der Waals surface area contributed by atoms with Gasteiger partial charge < -0.3 is 15.4 Å². The molecule has 2 aromatic carbocycles. The Kier molecular flexibility index (Phi) is 8.15. The van der Waals surface area contributed by atoms with Crippen LogP contribution < -0.4 is 15.5 Å². The van der Waals surface area contributed by atoms with Gasteiger partial charge in [-0.2, -0.15) is 10.2 Å². The Bertz CT molecular complexity index is 1950. The predicted octanol–water partition coefficient (Wildman–Crippen LogP) is 3.74. The number of carbonyl (C=O) groups excluding carboxylic acids is 3. The van der Waals surface area contributed by atoms with Crippen LogP contribution in [0.3, 0.4) is 0 Å². The highest BCUT2D eigenvalue weighted by Crippen LogP contribution is 2.42. The van der Waals surface area contributed by atoms with Crippen molar-refractivity contribution in [1.82, 2.24) is 35.1 Å². The van der Waals surface area contributed by atoms with Crippen molar-refractivity contribution in [2.75, 3.05) is 31.2 Å². The number of amides is 3. The Hall–Kier alpha value is -5.07. The highest BCUT2D eigenvalue weighted by molar-refractivity contribution is 6.04. The van der Waals surface area contributed by atoms with E-state index in [0.717, 1.165) is 48.2 Å². The van der Waals surface area contributed by atoms with E-state index >= 15 is 0 Å². The van der Waals surface area contributed by atoms with E-state index < -0.39 is 17.9 Å². The first-order chi connectivity index (χ1) is 24.3. The first-order valence-electron chi connectivity index (χ1n) is 17.5. The number of ether oxygens (including phenoxy) is 1. The molecule has 50 heavy (non-hydrogen) atoms. The third kappa shape index (κ3) is 5.52. The monoisotopic (exact) mass is 674 g/mol. The predicted molar refractivity (Wildman–Crippen MR) is 187 cm³/mol. The van der Waals surface area contributed by atoms with Crippen molar-refractivity contribution >= 4 is 23.5 Å². The Morgan fingerprint density at radius 2 is 1.90 bits per heavy atom. The molecule has 4 aromatic rings. The maximum Gasteiger partial charge on any atom is 0.272 e. The molecule has 5 heterocycles. The lowest BCUT2D eigenvalue weighted by atomic mass is 9.80. The zero-order chi connectivity index (χ0) is 34.6. The highest BCUT2D eigenvalue weighted by atomic mass is 16.5. The molecule has 0 bridgehead atoms. The first kappa shape index (κ1) is 32.2. The number of nitrogens with one attached hydrogen (secondary N) is 2. The molecule has 1 spiro atoms. The molecule has 2 aromatic heterocycles. The number of carbonyl (C=O) groups is 3. The maximum absolute atomic E-state index is 14.4. The summed E-state index contributed by atoms with van der Waals surface area (Å²) >= 11 is 0. The summed E-state index contributed by atoms with van der Waals surface area (Å²) in [7, 11) is 0. The molecule has 12 heteroatoms. The SMILES string of the molecule is C=C(C(=O)NCc1cccc([C@@H]2c3cnn(-c4ccccc4)c3N(CC)C(=O)[C@H]2NC(=O)c2ccn(C3CC3)n2)c1)C(C)N1CCC12COC2.